The summed E-state index contributed by atoms with van der Waals surface area (Å²) < 4.78 is 1.63. The summed E-state index contributed by atoms with van der Waals surface area (Å²) in [5, 5.41) is 4.27. The van der Waals surface area contributed by atoms with Crippen molar-refractivity contribution in [2.24, 2.45) is 0 Å². The molecule has 4 heterocycles. The number of hydrogen-bond acceptors (Lipinski definition) is 6. The second-order valence-electron chi connectivity index (χ2n) is 7.69. The summed E-state index contributed by atoms with van der Waals surface area (Å²) in [7, 11) is 0. The van der Waals surface area contributed by atoms with E-state index in [-0.39, 0.29) is 17.6 Å². The van der Waals surface area contributed by atoms with Crippen LogP contribution in [0.4, 0.5) is 5.82 Å². The standard InChI is InChI=1S/C21H26N6O/c1-13(2)17-18(14(3)7-9-23-17)27-19-16(6-5-8-24-19)20(25-21(27)28)26-11-10-22-12-15(26)4/h5-9,13,15,22H,10-12H2,1-4H3/t15-/m0/s1. The van der Waals surface area contributed by atoms with Crippen LogP contribution in [0.2, 0.25) is 0 Å². The maximum Gasteiger partial charge on any atom is 0.355 e. The Morgan fingerprint density at radius 1 is 1.21 bits per heavy atom. The highest BCUT2D eigenvalue weighted by Gasteiger charge is 2.25. The van der Waals surface area contributed by atoms with Gasteiger partial charge in [0.2, 0.25) is 0 Å². The highest BCUT2D eigenvalue weighted by atomic mass is 16.1. The molecule has 1 fully saturated rings. The van der Waals surface area contributed by atoms with Gasteiger partial charge in [-0.3, -0.25) is 4.98 Å². The van der Waals surface area contributed by atoms with Crippen molar-refractivity contribution in [1.82, 2.24) is 24.8 Å². The van der Waals surface area contributed by atoms with E-state index in [2.05, 4.69) is 45.9 Å². The second-order valence-corrected chi connectivity index (χ2v) is 7.69. The lowest BCUT2D eigenvalue weighted by molar-refractivity contribution is 0.497. The molecule has 0 unspecified atom stereocenters. The van der Waals surface area contributed by atoms with Crippen LogP contribution in [0, 0.1) is 6.92 Å². The van der Waals surface area contributed by atoms with Gasteiger partial charge in [0.05, 0.1) is 16.8 Å². The summed E-state index contributed by atoms with van der Waals surface area (Å²) in [6, 6.07) is 6.07. The molecule has 4 rings (SSSR count). The molecule has 3 aromatic heterocycles. The molecule has 28 heavy (non-hydrogen) atoms. The number of aromatic nitrogens is 4. The van der Waals surface area contributed by atoms with Gasteiger partial charge in [0, 0.05) is 38.1 Å². The minimum atomic E-state index is -0.315. The van der Waals surface area contributed by atoms with E-state index in [0.29, 0.717) is 11.5 Å². The third-order valence-electron chi connectivity index (χ3n) is 5.33. The van der Waals surface area contributed by atoms with Gasteiger partial charge in [-0.25, -0.2) is 14.3 Å². The van der Waals surface area contributed by atoms with Gasteiger partial charge in [0.15, 0.2) is 5.65 Å². The lowest BCUT2D eigenvalue weighted by Gasteiger charge is -2.35. The molecule has 1 aliphatic heterocycles. The molecule has 146 valence electrons. The molecule has 1 atom stereocenters. The van der Waals surface area contributed by atoms with Crippen LogP contribution in [-0.2, 0) is 0 Å². The third-order valence-corrected chi connectivity index (χ3v) is 5.33. The van der Waals surface area contributed by atoms with Crippen LogP contribution in [0.3, 0.4) is 0 Å². The quantitative estimate of drug-likeness (QED) is 0.754. The molecular formula is C21H26N6O. The number of pyridine rings is 2. The van der Waals surface area contributed by atoms with E-state index in [9.17, 15) is 4.79 Å². The molecule has 3 aromatic rings. The van der Waals surface area contributed by atoms with Crippen molar-refractivity contribution in [2.45, 2.75) is 39.7 Å². The number of nitrogens with one attached hydrogen (secondary N) is 1. The van der Waals surface area contributed by atoms with Gasteiger partial charge in [0.1, 0.15) is 5.82 Å². The van der Waals surface area contributed by atoms with Crippen LogP contribution in [-0.4, -0.2) is 45.2 Å². The number of fused-ring (bicyclic) bond motifs is 1. The molecule has 0 aliphatic carbocycles. The summed E-state index contributed by atoms with van der Waals surface area (Å²) >= 11 is 0. The first-order chi connectivity index (χ1) is 13.5. The van der Waals surface area contributed by atoms with Crippen molar-refractivity contribution in [3.8, 4) is 5.69 Å². The maximum absolute atomic E-state index is 13.3. The highest BCUT2D eigenvalue weighted by molar-refractivity contribution is 5.88. The zero-order valence-electron chi connectivity index (χ0n) is 16.8. The number of anilines is 1. The number of nitrogens with zero attached hydrogens (tertiary/aromatic N) is 5. The van der Waals surface area contributed by atoms with Crippen molar-refractivity contribution >= 4 is 16.9 Å². The van der Waals surface area contributed by atoms with Crippen molar-refractivity contribution in [3.05, 3.63) is 52.3 Å². The predicted octanol–water partition coefficient (Wildman–Crippen LogP) is 2.41. The van der Waals surface area contributed by atoms with Crippen LogP contribution < -0.4 is 15.9 Å². The van der Waals surface area contributed by atoms with Crippen LogP contribution in [0.15, 0.2) is 35.4 Å². The van der Waals surface area contributed by atoms with Crippen molar-refractivity contribution in [3.63, 3.8) is 0 Å². The molecule has 1 aliphatic rings. The molecule has 0 aromatic carbocycles. The zero-order valence-corrected chi connectivity index (χ0v) is 16.8. The molecule has 0 spiro atoms. The molecule has 0 radical (unpaired) electrons. The van der Waals surface area contributed by atoms with Crippen LogP contribution in [0.25, 0.3) is 16.7 Å². The van der Waals surface area contributed by atoms with Crippen LogP contribution in [0.1, 0.15) is 37.9 Å². The molecule has 7 heteroatoms. The minimum Gasteiger partial charge on any atom is -0.351 e. The normalized spacial score (nSPS) is 17.5. The first-order valence-electron chi connectivity index (χ1n) is 9.80. The zero-order chi connectivity index (χ0) is 19.8. The van der Waals surface area contributed by atoms with E-state index in [4.69, 9.17) is 0 Å². The maximum atomic E-state index is 13.3. The largest absolute Gasteiger partial charge is 0.355 e. The van der Waals surface area contributed by atoms with Gasteiger partial charge < -0.3 is 10.2 Å². The number of piperazine rings is 1. The topological polar surface area (TPSA) is 75.9 Å². The van der Waals surface area contributed by atoms with Gasteiger partial charge in [-0.15, -0.1) is 0 Å². The Morgan fingerprint density at radius 2 is 2.04 bits per heavy atom. The van der Waals surface area contributed by atoms with Gasteiger partial charge in [0.25, 0.3) is 0 Å². The SMILES string of the molecule is Cc1ccnc(C(C)C)c1-n1c(=O)nc(N2CCNC[C@@H]2C)c2cccnc21. The van der Waals surface area contributed by atoms with Gasteiger partial charge >= 0.3 is 5.69 Å². The Balaban J connectivity index is 2.03. The van der Waals surface area contributed by atoms with Crippen molar-refractivity contribution < 1.29 is 0 Å². The summed E-state index contributed by atoms with van der Waals surface area (Å²) in [6.07, 6.45) is 3.52. The first-order valence-corrected chi connectivity index (χ1v) is 9.80. The fourth-order valence-electron chi connectivity index (χ4n) is 3.90. The molecule has 1 saturated heterocycles. The van der Waals surface area contributed by atoms with E-state index in [1.54, 1.807) is 17.0 Å². The van der Waals surface area contributed by atoms with Gasteiger partial charge in [-0.05, 0) is 43.5 Å². The molecule has 7 nitrogen and oxygen atoms in total. The smallest absolute Gasteiger partial charge is 0.351 e. The Morgan fingerprint density at radius 3 is 2.79 bits per heavy atom. The summed E-state index contributed by atoms with van der Waals surface area (Å²) in [5.41, 5.74) is 2.96. The number of hydrogen-bond donors (Lipinski definition) is 1. The summed E-state index contributed by atoms with van der Waals surface area (Å²) in [6.45, 7) is 10.8. The monoisotopic (exact) mass is 378 g/mol. The average molecular weight is 378 g/mol. The van der Waals surface area contributed by atoms with E-state index in [1.165, 1.54) is 0 Å². The Labute approximate surface area is 164 Å². The van der Waals surface area contributed by atoms with E-state index in [1.807, 2.05) is 25.1 Å². The lowest BCUT2D eigenvalue weighted by Crippen LogP contribution is -2.50. The second kappa shape index (κ2) is 7.31. The Hall–Kier alpha value is -2.80. The van der Waals surface area contributed by atoms with Crippen molar-refractivity contribution in [1.29, 1.82) is 0 Å². The average Bonchev–Trinajstić information content (AvgIpc) is 2.68. The van der Waals surface area contributed by atoms with Gasteiger partial charge in [-0.2, -0.15) is 4.98 Å². The molecule has 0 bridgehead atoms. The molecule has 0 saturated carbocycles. The summed E-state index contributed by atoms with van der Waals surface area (Å²) in [5.74, 6) is 0.888. The third kappa shape index (κ3) is 3.05. The minimum absolute atomic E-state index is 0.174. The number of rotatable bonds is 3. The van der Waals surface area contributed by atoms with Crippen LogP contribution >= 0.6 is 0 Å². The van der Waals surface area contributed by atoms with E-state index >= 15 is 0 Å². The highest BCUT2D eigenvalue weighted by Crippen LogP contribution is 2.29. The molecule has 1 N–H and O–H groups in total. The molecule has 0 amide bonds. The Kier molecular flexibility index (Phi) is 4.85. The Bertz CT molecular complexity index is 1070. The molecular weight excluding hydrogens is 352 g/mol. The van der Waals surface area contributed by atoms with E-state index < -0.39 is 0 Å². The summed E-state index contributed by atoms with van der Waals surface area (Å²) in [4.78, 5) is 29.2. The first kappa shape index (κ1) is 18.6. The van der Waals surface area contributed by atoms with E-state index in [0.717, 1.165) is 42.0 Å². The van der Waals surface area contributed by atoms with Gasteiger partial charge in [-0.1, -0.05) is 13.8 Å². The lowest BCUT2D eigenvalue weighted by atomic mass is 10.0. The fourth-order valence-corrected chi connectivity index (χ4v) is 3.90. The predicted molar refractivity (Wildman–Crippen MR) is 111 cm³/mol. The number of aryl methyl sites for hydroxylation is 1. The van der Waals surface area contributed by atoms with Crippen LogP contribution in [0.5, 0.6) is 0 Å². The van der Waals surface area contributed by atoms with Crippen molar-refractivity contribution in [2.75, 3.05) is 24.5 Å². The fraction of sp³-hybridized carbons (Fsp3) is 0.429.